The summed E-state index contributed by atoms with van der Waals surface area (Å²) in [6.07, 6.45) is 2.25. The van der Waals surface area contributed by atoms with Crippen LogP contribution in [0.4, 0.5) is 5.69 Å². The van der Waals surface area contributed by atoms with Gasteiger partial charge in [-0.2, -0.15) is 0 Å². The molecule has 2 amide bonds. The minimum absolute atomic E-state index is 0.110. The maximum Gasteiger partial charge on any atom is 0.272 e. The summed E-state index contributed by atoms with van der Waals surface area (Å²) in [6.45, 7) is 3.05. The Kier molecular flexibility index (Phi) is 4.74. The van der Waals surface area contributed by atoms with Crippen LogP contribution in [-0.4, -0.2) is 47.9 Å². The first-order valence-electron chi connectivity index (χ1n) is 8.00. The third-order valence-electron chi connectivity index (χ3n) is 4.17. The van der Waals surface area contributed by atoms with Crippen LogP contribution in [0.5, 0.6) is 0 Å². The predicted molar refractivity (Wildman–Crippen MR) is 91.9 cm³/mol. The van der Waals surface area contributed by atoms with Gasteiger partial charge in [-0.05, 0) is 30.7 Å². The highest BCUT2D eigenvalue weighted by molar-refractivity contribution is 5.95. The van der Waals surface area contributed by atoms with Crippen LogP contribution < -0.4 is 10.6 Å². The van der Waals surface area contributed by atoms with E-state index >= 15 is 0 Å². The van der Waals surface area contributed by atoms with Crippen LogP contribution in [0.25, 0.3) is 0 Å². The average molecular weight is 324 g/mol. The zero-order valence-corrected chi connectivity index (χ0v) is 13.4. The quantitative estimate of drug-likeness (QED) is 0.928. The molecule has 6 heteroatoms. The van der Waals surface area contributed by atoms with Crippen molar-refractivity contribution in [1.29, 1.82) is 0 Å². The van der Waals surface area contributed by atoms with Gasteiger partial charge in [-0.25, -0.2) is 0 Å². The summed E-state index contributed by atoms with van der Waals surface area (Å²) in [5.41, 5.74) is 7.02. The van der Waals surface area contributed by atoms with Crippen LogP contribution in [0.2, 0.25) is 0 Å². The van der Waals surface area contributed by atoms with Crippen molar-refractivity contribution < 1.29 is 9.59 Å². The largest absolute Gasteiger partial charge is 0.370 e. The Hall–Kier alpha value is -2.89. The van der Waals surface area contributed by atoms with E-state index in [0.717, 1.165) is 19.5 Å². The predicted octanol–water partition coefficient (Wildman–Crippen LogP) is 1.53. The standard InChI is InChI=1S/C18H20N4O2/c19-17(23)14-7-8-16(20-13-14)18(24)22-10-4-9-21(11-12-22)15-5-2-1-3-6-15/h1-3,5-8,13H,4,9-12H2,(H2,19,23). The second-order valence-corrected chi connectivity index (χ2v) is 5.76. The first-order valence-corrected chi connectivity index (χ1v) is 8.00. The fraction of sp³-hybridized carbons (Fsp3) is 0.278. The molecule has 0 bridgehead atoms. The summed E-state index contributed by atoms with van der Waals surface area (Å²) in [5, 5.41) is 0. The molecule has 0 unspecified atom stereocenters. The van der Waals surface area contributed by atoms with E-state index in [0.29, 0.717) is 24.3 Å². The van der Waals surface area contributed by atoms with Crippen molar-refractivity contribution in [1.82, 2.24) is 9.88 Å². The molecule has 1 aliphatic rings. The lowest BCUT2D eigenvalue weighted by atomic mass is 10.2. The topological polar surface area (TPSA) is 79.5 Å². The number of benzene rings is 1. The second-order valence-electron chi connectivity index (χ2n) is 5.76. The number of rotatable bonds is 3. The highest BCUT2D eigenvalue weighted by Gasteiger charge is 2.21. The summed E-state index contributed by atoms with van der Waals surface area (Å²) in [7, 11) is 0. The van der Waals surface area contributed by atoms with Gasteiger partial charge in [0.15, 0.2) is 0 Å². The van der Waals surface area contributed by atoms with Gasteiger partial charge < -0.3 is 15.5 Å². The molecule has 1 saturated heterocycles. The van der Waals surface area contributed by atoms with Gasteiger partial charge in [-0.3, -0.25) is 14.6 Å². The molecule has 1 fully saturated rings. The SMILES string of the molecule is NC(=O)c1ccc(C(=O)N2CCCN(c3ccccc3)CC2)nc1. The van der Waals surface area contributed by atoms with E-state index in [1.807, 2.05) is 23.1 Å². The van der Waals surface area contributed by atoms with Crippen LogP contribution in [-0.2, 0) is 0 Å². The van der Waals surface area contributed by atoms with Gasteiger partial charge in [0.25, 0.3) is 5.91 Å². The molecule has 3 rings (SSSR count). The van der Waals surface area contributed by atoms with Gasteiger partial charge in [0, 0.05) is 38.1 Å². The van der Waals surface area contributed by atoms with Crippen molar-refractivity contribution in [3.05, 3.63) is 59.9 Å². The maximum atomic E-state index is 12.6. The van der Waals surface area contributed by atoms with Gasteiger partial charge in [-0.15, -0.1) is 0 Å². The maximum absolute atomic E-state index is 12.6. The van der Waals surface area contributed by atoms with Crippen molar-refractivity contribution in [2.75, 3.05) is 31.1 Å². The van der Waals surface area contributed by atoms with E-state index in [4.69, 9.17) is 5.73 Å². The molecule has 1 aliphatic heterocycles. The smallest absolute Gasteiger partial charge is 0.272 e. The molecule has 0 atom stereocenters. The molecule has 124 valence electrons. The lowest BCUT2D eigenvalue weighted by molar-refractivity contribution is 0.0760. The number of anilines is 1. The van der Waals surface area contributed by atoms with Crippen LogP contribution in [0, 0.1) is 0 Å². The van der Waals surface area contributed by atoms with Crippen molar-refractivity contribution >= 4 is 17.5 Å². The zero-order chi connectivity index (χ0) is 16.9. The number of hydrogen-bond donors (Lipinski definition) is 1. The Morgan fingerprint density at radius 3 is 2.42 bits per heavy atom. The van der Waals surface area contributed by atoms with Crippen molar-refractivity contribution in [2.24, 2.45) is 5.73 Å². The number of nitrogens with zero attached hydrogens (tertiary/aromatic N) is 3. The number of primary amides is 1. The Morgan fingerprint density at radius 2 is 1.75 bits per heavy atom. The lowest BCUT2D eigenvalue weighted by Gasteiger charge is -2.23. The summed E-state index contributed by atoms with van der Waals surface area (Å²) < 4.78 is 0. The number of amides is 2. The fourth-order valence-electron chi connectivity index (χ4n) is 2.85. The van der Waals surface area contributed by atoms with Crippen molar-refractivity contribution in [3.8, 4) is 0 Å². The molecule has 6 nitrogen and oxygen atoms in total. The van der Waals surface area contributed by atoms with E-state index in [-0.39, 0.29) is 5.91 Å². The number of carbonyl (C=O) groups is 2. The summed E-state index contributed by atoms with van der Waals surface area (Å²) in [5.74, 6) is -0.657. The highest BCUT2D eigenvalue weighted by atomic mass is 16.2. The van der Waals surface area contributed by atoms with Gasteiger partial charge in [-0.1, -0.05) is 18.2 Å². The first kappa shape index (κ1) is 16.0. The van der Waals surface area contributed by atoms with E-state index < -0.39 is 5.91 Å². The third kappa shape index (κ3) is 3.53. The fourth-order valence-corrected chi connectivity index (χ4v) is 2.85. The molecule has 2 aromatic rings. The molecule has 24 heavy (non-hydrogen) atoms. The van der Waals surface area contributed by atoms with Gasteiger partial charge >= 0.3 is 0 Å². The highest BCUT2D eigenvalue weighted by Crippen LogP contribution is 2.16. The molecule has 0 aliphatic carbocycles. The molecule has 1 aromatic carbocycles. The van der Waals surface area contributed by atoms with Crippen LogP contribution in [0.1, 0.15) is 27.3 Å². The van der Waals surface area contributed by atoms with Gasteiger partial charge in [0.1, 0.15) is 5.69 Å². The summed E-state index contributed by atoms with van der Waals surface area (Å²) >= 11 is 0. The molecule has 2 heterocycles. The first-order chi connectivity index (χ1) is 11.6. The van der Waals surface area contributed by atoms with Crippen molar-refractivity contribution in [3.63, 3.8) is 0 Å². The molecule has 0 radical (unpaired) electrons. The Labute approximate surface area is 140 Å². The van der Waals surface area contributed by atoms with E-state index in [9.17, 15) is 9.59 Å². The number of para-hydroxylation sites is 1. The molecule has 0 spiro atoms. The zero-order valence-electron chi connectivity index (χ0n) is 13.4. The van der Waals surface area contributed by atoms with E-state index in [1.54, 1.807) is 6.07 Å². The van der Waals surface area contributed by atoms with Crippen LogP contribution >= 0.6 is 0 Å². The monoisotopic (exact) mass is 324 g/mol. The Bertz CT molecular complexity index is 716. The number of hydrogen-bond acceptors (Lipinski definition) is 4. The molecule has 2 N–H and O–H groups in total. The molecular formula is C18H20N4O2. The number of aromatic nitrogens is 1. The number of pyridine rings is 1. The number of carbonyl (C=O) groups excluding carboxylic acids is 2. The van der Waals surface area contributed by atoms with Crippen LogP contribution in [0.3, 0.4) is 0 Å². The third-order valence-corrected chi connectivity index (χ3v) is 4.17. The molecule has 1 aromatic heterocycles. The normalized spacial score (nSPS) is 15.0. The minimum atomic E-state index is -0.547. The summed E-state index contributed by atoms with van der Waals surface area (Å²) in [4.78, 5) is 31.9. The second kappa shape index (κ2) is 7.12. The molecular weight excluding hydrogens is 304 g/mol. The average Bonchev–Trinajstić information content (AvgIpc) is 2.88. The van der Waals surface area contributed by atoms with Crippen LogP contribution in [0.15, 0.2) is 48.7 Å². The minimum Gasteiger partial charge on any atom is -0.370 e. The van der Waals surface area contributed by atoms with E-state index in [2.05, 4.69) is 22.0 Å². The Balaban J connectivity index is 1.67. The van der Waals surface area contributed by atoms with Crippen molar-refractivity contribution in [2.45, 2.75) is 6.42 Å². The Morgan fingerprint density at radius 1 is 0.958 bits per heavy atom. The van der Waals surface area contributed by atoms with Gasteiger partial charge in [0.2, 0.25) is 5.91 Å². The summed E-state index contributed by atoms with van der Waals surface area (Å²) in [6, 6.07) is 13.3. The number of nitrogens with two attached hydrogens (primary N) is 1. The van der Waals surface area contributed by atoms with Gasteiger partial charge in [0.05, 0.1) is 5.56 Å². The molecule has 0 saturated carbocycles. The lowest BCUT2D eigenvalue weighted by Crippen LogP contribution is -2.35. The van der Waals surface area contributed by atoms with E-state index in [1.165, 1.54) is 18.0 Å².